The van der Waals surface area contributed by atoms with E-state index in [1.54, 1.807) is 51.2 Å². The SMILES string of the molecule is CCCCOc1ccc(-n2c(C(=O)NCc3ccccc3-c3ccncn3)c3n(c2=O)CC(C)N(C(=O)OC(C)(C)C)C3)cc1NC(=O)OCc1ccccc1. The number of nitrogens with one attached hydrogen (secondary N) is 2. The summed E-state index contributed by atoms with van der Waals surface area (Å²) in [5.74, 6) is -0.181. The first-order valence-electron chi connectivity index (χ1n) is 18.6. The first-order valence-corrected chi connectivity index (χ1v) is 18.6. The molecule has 292 valence electrons. The Morgan fingerprint density at radius 1 is 0.982 bits per heavy atom. The second kappa shape index (κ2) is 17.4. The van der Waals surface area contributed by atoms with Crippen molar-refractivity contribution in [3.63, 3.8) is 0 Å². The predicted molar refractivity (Wildman–Crippen MR) is 211 cm³/mol. The van der Waals surface area contributed by atoms with Crippen molar-refractivity contribution in [1.29, 1.82) is 0 Å². The summed E-state index contributed by atoms with van der Waals surface area (Å²) >= 11 is 0. The van der Waals surface area contributed by atoms with E-state index in [9.17, 15) is 19.2 Å². The van der Waals surface area contributed by atoms with Crippen molar-refractivity contribution in [2.24, 2.45) is 0 Å². The number of fused-ring (bicyclic) bond motifs is 1. The van der Waals surface area contributed by atoms with E-state index < -0.39 is 35.4 Å². The second-order valence-corrected chi connectivity index (χ2v) is 14.5. The monoisotopic (exact) mass is 761 g/mol. The van der Waals surface area contributed by atoms with Crippen molar-refractivity contribution in [3.8, 4) is 22.7 Å². The molecule has 0 saturated heterocycles. The van der Waals surface area contributed by atoms with E-state index >= 15 is 0 Å². The first-order chi connectivity index (χ1) is 26.9. The Bertz CT molecular complexity index is 2230. The Balaban J connectivity index is 1.39. The highest BCUT2D eigenvalue weighted by molar-refractivity contribution is 5.95. The summed E-state index contributed by atoms with van der Waals surface area (Å²) in [5, 5.41) is 5.79. The number of benzene rings is 3. The number of anilines is 1. The first kappa shape index (κ1) is 39.3. The molecular formula is C42H47N7O7. The van der Waals surface area contributed by atoms with Gasteiger partial charge in [-0.3, -0.25) is 24.1 Å². The Kier molecular flexibility index (Phi) is 12.2. The number of carbonyl (C=O) groups excluding carboxylic acids is 3. The molecule has 0 saturated carbocycles. The molecule has 2 N–H and O–H groups in total. The number of carbonyl (C=O) groups is 3. The number of unbranched alkanes of at least 4 members (excludes halogenated alkanes) is 1. The van der Waals surface area contributed by atoms with Gasteiger partial charge in [-0.1, -0.05) is 67.9 Å². The zero-order valence-electron chi connectivity index (χ0n) is 32.3. The molecule has 6 rings (SSSR count). The van der Waals surface area contributed by atoms with Gasteiger partial charge >= 0.3 is 17.9 Å². The topological polar surface area (TPSA) is 159 Å². The van der Waals surface area contributed by atoms with Crippen LogP contribution >= 0.6 is 0 Å². The van der Waals surface area contributed by atoms with Crippen LogP contribution in [0.25, 0.3) is 16.9 Å². The van der Waals surface area contributed by atoms with Crippen LogP contribution in [0.4, 0.5) is 15.3 Å². The Morgan fingerprint density at radius 2 is 1.75 bits per heavy atom. The summed E-state index contributed by atoms with van der Waals surface area (Å²) in [6, 6.07) is 23.1. The lowest BCUT2D eigenvalue weighted by atomic mass is 10.0. The third-order valence-electron chi connectivity index (χ3n) is 9.13. The van der Waals surface area contributed by atoms with Crippen LogP contribution in [0, 0.1) is 0 Å². The molecule has 56 heavy (non-hydrogen) atoms. The summed E-state index contributed by atoms with van der Waals surface area (Å²) in [5.41, 5.74) is 2.77. The lowest BCUT2D eigenvalue weighted by Crippen LogP contribution is -2.48. The fraction of sp³-hybridized carbons (Fsp3) is 0.333. The van der Waals surface area contributed by atoms with E-state index in [0.717, 1.165) is 29.5 Å². The van der Waals surface area contributed by atoms with Crippen molar-refractivity contribution in [1.82, 2.24) is 29.3 Å². The van der Waals surface area contributed by atoms with Crippen LogP contribution < -0.4 is 21.1 Å². The van der Waals surface area contributed by atoms with E-state index in [4.69, 9.17) is 14.2 Å². The molecule has 1 aliphatic rings. The molecule has 0 bridgehead atoms. The third-order valence-corrected chi connectivity index (χ3v) is 9.13. The predicted octanol–water partition coefficient (Wildman–Crippen LogP) is 7.09. The van der Waals surface area contributed by atoms with Gasteiger partial charge in [0.1, 0.15) is 30.0 Å². The van der Waals surface area contributed by atoms with Gasteiger partial charge in [-0.05, 0) is 69.5 Å². The fourth-order valence-electron chi connectivity index (χ4n) is 6.36. The van der Waals surface area contributed by atoms with Gasteiger partial charge < -0.3 is 19.5 Å². The van der Waals surface area contributed by atoms with Gasteiger partial charge in [0.25, 0.3) is 5.91 Å². The number of aromatic nitrogens is 4. The molecule has 14 heteroatoms. The highest BCUT2D eigenvalue weighted by Crippen LogP contribution is 2.31. The van der Waals surface area contributed by atoms with Crippen LogP contribution in [0.15, 0.2) is 96.2 Å². The highest BCUT2D eigenvalue weighted by Gasteiger charge is 2.37. The summed E-state index contributed by atoms with van der Waals surface area (Å²) in [6.45, 7) is 9.81. The van der Waals surface area contributed by atoms with E-state index in [1.807, 2.05) is 68.4 Å². The van der Waals surface area contributed by atoms with Crippen LogP contribution in [0.3, 0.4) is 0 Å². The maximum absolute atomic E-state index is 14.5. The molecule has 0 fully saturated rings. The minimum atomic E-state index is -0.760. The Morgan fingerprint density at radius 3 is 2.48 bits per heavy atom. The Hall–Kier alpha value is -6.44. The normalized spacial score (nSPS) is 13.7. The fourth-order valence-corrected chi connectivity index (χ4v) is 6.36. The van der Waals surface area contributed by atoms with Crippen LogP contribution in [0.2, 0.25) is 0 Å². The Labute approximate surface area is 325 Å². The van der Waals surface area contributed by atoms with Crippen LogP contribution in [0.5, 0.6) is 5.75 Å². The minimum Gasteiger partial charge on any atom is -0.491 e. The number of amides is 3. The number of ether oxygens (including phenoxy) is 3. The molecule has 3 aromatic carbocycles. The molecule has 1 aliphatic heterocycles. The standard InChI is InChI=1S/C42H47N7O7/c1-6-7-21-54-36-18-17-31(22-34(36)46-39(51)55-26-29-13-9-8-10-14-29)49-37(35-25-47(41(53)56-42(3,4)5)28(2)24-48(35)40(49)52)38(50)44-23-30-15-11-12-16-32(30)33-19-20-43-27-45-33/h8-20,22,27-28H,6-7,21,23-26H2,1-5H3,(H,44,50)(H,46,51). The zero-order chi connectivity index (χ0) is 39.8. The van der Waals surface area contributed by atoms with Crippen molar-refractivity contribution < 1.29 is 28.6 Å². The molecule has 0 aliphatic carbocycles. The molecule has 3 amide bonds. The average Bonchev–Trinajstić information content (AvgIpc) is 3.47. The molecule has 0 spiro atoms. The molecule has 14 nitrogen and oxygen atoms in total. The van der Waals surface area contributed by atoms with Crippen molar-refractivity contribution in [2.45, 2.75) is 85.3 Å². The van der Waals surface area contributed by atoms with Crippen molar-refractivity contribution in [2.75, 3.05) is 11.9 Å². The number of imidazole rings is 1. The molecule has 0 radical (unpaired) electrons. The smallest absolute Gasteiger partial charge is 0.412 e. The van der Waals surface area contributed by atoms with Gasteiger partial charge in [0.2, 0.25) is 0 Å². The average molecular weight is 762 g/mol. The van der Waals surface area contributed by atoms with E-state index in [0.29, 0.717) is 29.4 Å². The van der Waals surface area contributed by atoms with Crippen molar-refractivity contribution >= 4 is 23.8 Å². The quantitative estimate of drug-likeness (QED) is 0.127. The summed E-state index contributed by atoms with van der Waals surface area (Å²) in [4.78, 5) is 65.4. The summed E-state index contributed by atoms with van der Waals surface area (Å²) in [7, 11) is 0. The molecule has 3 heterocycles. The molecule has 2 aromatic heterocycles. The van der Waals surface area contributed by atoms with Crippen LogP contribution in [0.1, 0.15) is 74.8 Å². The molecule has 1 atom stereocenters. The largest absolute Gasteiger partial charge is 0.491 e. The van der Waals surface area contributed by atoms with Gasteiger partial charge in [0.05, 0.1) is 42.0 Å². The number of rotatable bonds is 12. The number of hydrogen-bond donors (Lipinski definition) is 2. The number of hydrogen-bond acceptors (Lipinski definition) is 9. The highest BCUT2D eigenvalue weighted by atomic mass is 16.6. The lowest BCUT2D eigenvalue weighted by Gasteiger charge is -2.35. The van der Waals surface area contributed by atoms with E-state index in [-0.39, 0.29) is 37.6 Å². The van der Waals surface area contributed by atoms with Gasteiger partial charge in [0, 0.05) is 24.8 Å². The number of nitrogens with zero attached hydrogens (tertiary/aromatic N) is 5. The maximum atomic E-state index is 14.5. The van der Waals surface area contributed by atoms with Crippen LogP contribution in [-0.2, 0) is 35.7 Å². The van der Waals surface area contributed by atoms with Gasteiger partial charge in [-0.25, -0.2) is 24.4 Å². The molecular weight excluding hydrogens is 715 g/mol. The minimum absolute atomic E-state index is 0.0345. The van der Waals surface area contributed by atoms with Gasteiger partial charge in [-0.15, -0.1) is 0 Å². The van der Waals surface area contributed by atoms with E-state index in [2.05, 4.69) is 20.6 Å². The second-order valence-electron chi connectivity index (χ2n) is 14.5. The third kappa shape index (κ3) is 9.25. The molecule has 5 aromatic rings. The van der Waals surface area contributed by atoms with Gasteiger partial charge in [0.15, 0.2) is 0 Å². The summed E-state index contributed by atoms with van der Waals surface area (Å²) < 4.78 is 20.1. The van der Waals surface area contributed by atoms with Crippen molar-refractivity contribution in [3.05, 3.63) is 124 Å². The zero-order valence-corrected chi connectivity index (χ0v) is 32.3. The van der Waals surface area contributed by atoms with Crippen LogP contribution in [-0.4, -0.2) is 60.3 Å². The lowest BCUT2D eigenvalue weighted by molar-refractivity contribution is 0.00950. The summed E-state index contributed by atoms with van der Waals surface area (Å²) in [6.07, 6.45) is 3.50. The maximum Gasteiger partial charge on any atom is 0.412 e. The van der Waals surface area contributed by atoms with Gasteiger partial charge in [-0.2, -0.15) is 0 Å². The molecule has 1 unspecified atom stereocenters. The van der Waals surface area contributed by atoms with E-state index in [1.165, 1.54) is 20.4 Å².